The summed E-state index contributed by atoms with van der Waals surface area (Å²) in [6, 6.07) is 8.05. The lowest BCUT2D eigenvalue weighted by molar-refractivity contribution is 0.134. The molecule has 0 spiro atoms. The van der Waals surface area contributed by atoms with Crippen LogP contribution in [0.3, 0.4) is 0 Å². The van der Waals surface area contributed by atoms with Gasteiger partial charge >= 0.3 is 0 Å². The van der Waals surface area contributed by atoms with Gasteiger partial charge in [-0.05, 0) is 72.3 Å². The Morgan fingerprint density at radius 3 is 2.75 bits per heavy atom. The number of nitrogens with zero attached hydrogens (tertiary/aromatic N) is 1. The highest BCUT2D eigenvalue weighted by Gasteiger charge is 2.22. The molecule has 4 heteroatoms. The molecule has 1 aliphatic carbocycles. The zero-order valence-corrected chi connectivity index (χ0v) is 13.0. The summed E-state index contributed by atoms with van der Waals surface area (Å²) in [6.07, 6.45) is 6.66. The number of fused-ring (bicyclic) bond motifs is 1. The van der Waals surface area contributed by atoms with Crippen molar-refractivity contribution in [1.82, 2.24) is 4.98 Å². The number of pyridine rings is 1. The van der Waals surface area contributed by atoms with Crippen LogP contribution in [-0.4, -0.2) is 17.6 Å². The van der Waals surface area contributed by atoms with Crippen LogP contribution in [0.5, 0.6) is 5.75 Å². The van der Waals surface area contributed by atoms with Crippen molar-refractivity contribution in [3.05, 3.63) is 34.9 Å². The maximum atomic E-state index is 6.21. The number of nitrogens with two attached hydrogens (primary N) is 1. The molecule has 1 fully saturated rings. The lowest BCUT2D eigenvalue weighted by atomic mass is 9.87. The first-order valence-electron chi connectivity index (χ1n) is 7.18. The van der Waals surface area contributed by atoms with E-state index in [4.69, 9.17) is 10.5 Å². The summed E-state index contributed by atoms with van der Waals surface area (Å²) in [5.74, 6) is 1.62. The fourth-order valence-electron chi connectivity index (χ4n) is 2.88. The van der Waals surface area contributed by atoms with Gasteiger partial charge in [-0.25, -0.2) is 0 Å². The highest BCUT2D eigenvalue weighted by atomic mass is 79.9. The third-order valence-corrected chi connectivity index (χ3v) is 4.74. The molecule has 0 unspecified atom stereocenters. The molecule has 1 aliphatic rings. The van der Waals surface area contributed by atoms with E-state index < -0.39 is 0 Å². The van der Waals surface area contributed by atoms with Crippen molar-refractivity contribution < 1.29 is 4.74 Å². The van der Waals surface area contributed by atoms with E-state index in [1.165, 1.54) is 12.8 Å². The third kappa shape index (κ3) is 2.81. The molecule has 0 amide bonds. The van der Waals surface area contributed by atoms with E-state index in [0.29, 0.717) is 12.0 Å². The van der Waals surface area contributed by atoms with Gasteiger partial charge in [0.05, 0.1) is 11.6 Å². The van der Waals surface area contributed by atoms with Crippen LogP contribution < -0.4 is 10.5 Å². The monoisotopic (exact) mass is 334 g/mol. The predicted octanol–water partition coefficient (Wildman–Crippen LogP) is 3.89. The topological polar surface area (TPSA) is 48.1 Å². The second-order valence-corrected chi connectivity index (χ2v) is 6.30. The molecular formula is C16H19BrN2O. The average Bonchev–Trinajstić information content (AvgIpc) is 2.49. The first-order valence-corrected chi connectivity index (χ1v) is 7.97. The van der Waals surface area contributed by atoms with Crippen molar-refractivity contribution in [3.63, 3.8) is 0 Å². The molecule has 1 aromatic heterocycles. The molecule has 1 aromatic carbocycles. The Balaban J connectivity index is 1.80. The van der Waals surface area contributed by atoms with Crippen molar-refractivity contribution in [1.29, 1.82) is 0 Å². The quantitative estimate of drug-likeness (QED) is 0.926. The van der Waals surface area contributed by atoms with E-state index in [1.54, 1.807) is 0 Å². The molecule has 2 aromatic rings. The van der Waals surface area contributed by atoms with Crippen LogP contribution in [0.25, 0.3) is 10.9 Å². The number of aromatic nitrogens is 1. The van der Waals surface area contributed by atoms with E-state index in [-0.39, 0.29) is 0 Å². The Bertz CT molecular complexity index is 594. The van der Waals surface area contributed by atoms with E-state index in [9.17, 15) is 0 Å². The highest BCUT2D eigenvalue weighted by molar-refractivity contribution is 9.10. The number of hydrogen-bond donors (Lipinski definition) is 1. The molecule has 0 aliphatic heterocycles. The summed E-state index contributed by atoms with van der Waals surface area (Å²) >= 11 is 3.54. The number of benzene rings is 1. The second kappa shape index (κ2) is 6.10. The van der Waals surface area contributed by atoms with Crippen LogP contribution in [0.1, 0.15) is 25.7 Å². The summed E-state index contributed by atoms with van der Waals surface area (Å²) < 4.78 is 7.22. The lowest BCUT2D eigenvalue weighted by Gasteiger charge is -2.28. The summed E-state index contributed by atoms with van der Waals surface area (Å²) in [7, 11) is 0. The van der Waals surface area contributed by atoms with Gasteiger partial charge in [0.2, 0.25) is 0 Å². The number of para-hydroxylation sites is 1. The fraction of sp³-hybridized carbons (Fsp3) is 0.438. The van der Waals surface area contributed by atoms with Crippen molar-refractivity contribution >= 4 is 26.8 Å². The highest BCUT2D eigenvalue weighted by Crippen LogP contribution is 2.32. The Morgan fingerprint density at radius 2 is 2.00 bits per heavy atom. The van der Waals surface area contributed by atoms with Crippen LogP contribution >= 0.6 is 15.9 Å². The molecule has 0 atom stereocenters. The van der Waals surface area contributed by atoms with Gasteiger partial charge in [0, 0.05) is 16.1 Å². The lowest BCUT2D eigenvalue weighted by Crippen LogP contribution is -2.27. The molecule has 1 heterocycles. The minimum Gasteiger partial charge on any atom is -0.490 e. The van der Waals surface area contributed by atoms with E-state index in [1.807, 2.05) is 24.4 Å². The van der Waals surface area contributed by atoms with Crippen LogP contribution in [-0.2, 0) is 0 Å². The third-order valence-electron chi connectivity index (χ3n) is 4.10. The minimum absolute atomic E-state index is 0.308. The number of hydrogen-bond acceptors (Lipinski definition) is 3. The van der Waals surface area contributed by atoms with E-state index in [2.05, 4.69) is 27.0 Å². The predicted molar refractivity (Wildman–Crippen MR) is 84.9 cm³/mol. The number of halogens is 1. The van der Waals surface area contributed by atoms with Crippen LogP contribution in [0.4, 0.5) is 0 Å². The molecular weight excluding hydrogens is 316 g/mol. The fourth-order valence-corrected chi connectivity index (χ4v) is 3.35. The maximum Gasteiger partial charge on any atom is 0.130 e. The molecule has 0 bridgehead atoms. The normalized spacial score (nSPS) is 22.9. The average molecular weight is 335 g/mol. The van der Waals surface area contributed by atoms with Crippen molar-refractivity contribution in [3.8, 4) is 5.75 Å². The Kier molecular flexibility index (Phi) is 4.22. The first kappa shape index (κ1) is 13.8. The largest absolute Gasteiger partial charge is 0.490 e. The Morgan fingerprint density at radius 1 is 1.20 bits per heavy atom. The molecule has 1 saturated carbocycles. The van der Waals surface area contributed by atoms with Crippen LogP contribution in [0, 0.1) is 5.92 Å². The minimum atomic E-state index is 0.308. The van der Waals surface area contributed by atoms with Gasteiger partial charge < -0.3 is 10.5 Å². The first-order chi connectivity index (χ1) is 9.78. The van der Waals surface area contributed by atoms with Gasteiger partial charge in [0.25, 0.3) is 0 Å². The van der Waals surface area contributed by atoms with Crippen LogP contribution in [0.15, 0.2) is 34.9 Å². The smallest absolute Gasteiger partial charge is 0.130 e. The number of rotatable bonds is 3. The van der Waals surface area contributed by atoms with Gasteiger partial charge in [0.15, 0.2) is 0 Å². The second-order valence-electron chi connectivity index (χ2n) is 5.44. The van der Waals surface area contributed by atoms with Crippen molar-refractivity contribution in [2.24, 2.45) is 11.7 Å². The van der Waals surface area contributed by atoms with Crippen molar-refractivity contribution in [2.75, 3.05) is 6.54 Å². The molecule has 3 nitrogen and oxygen atoms in total. The van der Waals surface area contributed by atoms with Gasteiger partial charge in [-0.1, -0.05) is 6.07 Å². The summed E-state index contributed by atoms with van der Waals surface area (Å²) in [4.78, 5) is 4.42. The van der Waals surface area contributed by atoms with Crippen LogP contribution in [0.2, 0.25) is 0 Å². The SMILES string of the molecule is NC[C@H]1CC[C@H](Oc2ccnc3c(Br)cccc23)CC1. The Hall–Kier alpha value is -1.13. The van der Waals surface area contributed by atoms with Gasteiger partial charge in [-0.15, -0.1) is 0 Å². The van der Waals surface area contributed by atoms with Crippen molar-refractivity contribution in [2.45, 2.75) is 31.8 Å². The molecule has 106 valence electrons. The summed E-state index contributed by atoms with van der Waals surface area (Å²) in [5, 5.41) is 1.07. The summed E-state index contributed by atoms with van der Waals surface area (Å²) in [6.45, 7) is 0.803. The molecule has 0 saturated heterocycles. The molecule has 20 heavy (non-hydrogen) atoms. The van der Waals surface area contributed by atoms with Gasteiger partial charge in [-0.3, -0.25) is 4.98 Å². The standard InChI is InChI=1S/C16H19BrN2O/c17-14-3-1-2-13-15(8-9-19-16(13)14)20-12-6-4-11(10-18)5-7-12/h1-3,8-9,11-12H,4-7,10,18H2/t11-,12-. The zero-order chi connectivity index (χ0) is 13.9. The molecule has 3 rings (SSSR count). The zero-order valence-electron chi connectivity index (χ0n) is 11.4. The number of ether oxygens (including phenoxy) is 1. The van der Waals surface area contributed by atoms with E-state index in [0.717, 1.165) is 40.5 Å². The molecule has 0 radical (unpaired) electrons. The maximum absolute atomic E-state index is 6.21. The summed E-state index contributed by atoms with van der Waals surface area (Å²) in [5.41, 5.74) is 6.70. The van der Waals surface area contributed by atoms with E-state index >= 15 is 0 Å². The van der Waals surface area contributed by atoms with Gasteiger partial charge in [-0.2, -0.15) is 0 Å². The van der Waals surface area contributed by atoms with Gasteiger partial charge in [0.1, 0.15) is 5.75 Å². The molecule has 2 N–H and O–H groups in total. The Labute approximate surface area is 127 Å².